The van der Waals surface area contributed by atoms with Gasteiger partial charge >= 0.3 is 0 Å². The number of benzene rings is 4. The Labute approximate surface area is 189 Å². The summed E-state index contributed by atoms with van der Waals surface area (Å²) in [5.41, 5.74) is 10.5. The molecule has 1 aromatic heterocycles. The van der Waals surface area contributed by atoms with E-state index >= 15 is 0 Å². The molecule has 5 aromatic rings. The molecule has 4 aromatic carbocycles. The quantitative estimate of drug-likeness (QED) is 0.293. The normalized spacial score (nSPS) is 10.8. The third kappa shape index (κ3) is 3.95. The number of rotatable bonds is 4. The molecule has 0 N–H and O–H groups in total. The molecule has 1 heterocycles. The highest BCUT2D eigenvalue weighted by molar-refractivity contribution is 5.72. The summed E-state index contributed by atoms with van der Waals surface area (Å²) in [6.45, 7) is 2.16. The minimum atomic E-state index is 0.967. The molecule has 0 atom stereocenters. The maximum absolute atomic E-state index is 4.79. The fourth-order valence-corrected chi connectivity index (χ4v) is 4.14. The van der Waals surface area contributed by atoms with Crippen LogP contribution in [0.4, 0.5) is 0 Å². The zero-order chi connectivity index (χ0) is 21.9. The van der Waals surface area contributed by atoms with Crippen molar-refractivity contribution in [2.45, 2.75) is 6.92 Å². The molecule has 0 saturated carbocycles. The fraction of sp³-hybridized carbons (Fsp3) is 0.0667. The van der Waals surface area contributed by atoms with Crippen LogP contribution in [0.15, 0.2) is 116 Å². The van der Waals surface area contributed by atoms with Crippen LogP contribution in [0.5, 0.6) is 0 Å². The van der Waals surface area contributed by atoms with Crippen molar-refractivity contribution in [1.82, 2.24) is 4.98 Å². The van der Waals surface area contributed by atoms with E-state index < -0.39 is 0 Å². The van der Waals surface area contributed by atoms with Crippen LogP contribution in [0.25, 0.3) is 44.8 Å². The van der Waals surface area contributed by atoms with Crippen molar-refractivity contribution in [2.75, 3.05) is 0 Å². The average Bonchev–Trinajstić information content (AvgIpc) is 2.85. The third-order valence-electron chi connectivity index (χ3n) is 5.92. The van der Waals surface area contributed by atoms with Gasteiger partial charge in [0.25, 0.3) is 0 Å². The van der Waals surface area contributed by atoms with Crippen molar-refractivity contribution in [2.24, 2.45) is 7.05 Å². The monoisotopic (exact) mass is 413 g/mol. The predicted octanol–water partition coefficient (Wildman–Crippen LogP) is 6.88. The number of hydrogen-bond acceptors (Lipinski definition) is 1. The van der Waals surface area contributed by atoms with Crippen molar-refractivity contribution < 1.29 is 4.57 Å². The Balaban J connectivity index is 1.44. The molecule has 5 rings (SSSR count). The van der Waals surface area contributed by atoms with E-state index in [2.05, 4.69) is 116 Å². The summed E-state index contributed by atoms with van der Waals surface area (Å²) in [7, 11) is 2.09. The van der Waals surface area contributed by atoms with Gasteiger partial charge in [0.1, 0.15) is 18.9 Å². The predicted molar refractivity (Wildman–Crippen MR) is 132 cm³/mol. The molecule has 154 valence electrons. The van der Waals surface area contributed by atoms with Crippen molar-refractivity contribution in [3.8, 4) is 44.8 Å². The lowest BCUT2D eigenvalue weighted by Gasteiger charge is -2.09. The van der Waals surface area contributed by atoms with Crippen LogP contribution in [0.3, 0.4) is 0 Å². The van der Waals surface area contributed by atoms with Crippen LogP contribution < -0.4 is 4.57 Å². The number of hydrogen-bond donors (Lipinski definition) is 0. The highest BCUT2D eigenvalue weighted by Gasteiger charge is 2.16. The van der Waals surface area contributed by atoms with E-state index in [1.165, 1.54) is 33.4 Å². The first-order valence-electron chi connectivity index (χ1n) is 10.9. The first-order valence-corrected chi connectivity index (χ1v) is 10.9. The Hall–Kier alpha value is -4.04. The Kier molecular flexibility index (Phi) is 5.35. The molecular formula is C30H25N2+. The Bertz CT molecular complexity index is 1360. The molecule has 0 bridgehead atoms. The summed E-state index contributed by atoms with van der Waals surface area (Å²) in [5, 5.41) is 0. The molecule has 0 radical (unpaired) electrons. The smallest absolute Gasteiger partial charge is 0.231 e. The van der Waals surface area contributed by atoms with Gasteiger partial charge in [-0.25, -0.2) is 4.98 Å². The molecule has 0 aliphatic rings. The molecule has 0 unspecified atom stereocenters. The third-order valence-corrected chi connectivity index (χ3v) is 5.92. The highest BCUT2D eigenvalue weighted by Crippen LogP contribution is 2.28. The van der Waals surface area contributed by atoms with Gasteiger partial charge in [0.15, 0.2) is 6.20 Å². The summed E-state index contributed by atoms with van der Waals surface area (Å²) < 4.78 is 2.16. The number of aromatic nitrogens is 2. The Morgan fingerprint density at radius 3 is 1.72 bits per heavy atom. The summed E-state index contributed by atoms with van der Waals surface area (Å²) in [4.78, 5) is 4.79. The molecule has 32 heavy (non-hydrogen) atoms. The minimum absolute atomic E-state index is 0.967. The summed E-state index contributed by atoms with van der Waals surface area (Å²) in [5.74, 6) is 0. The number of nitrogens with zero attached hydrogens (tertiary/aromatic N) is 2. The molecule has 0 saturated heterocycles. The van der Waals surface area contributed by atoms with E-state index in [0.717, 1.165) is 17.0 Å². The maximum atomic E-state index is 4.79. The van der Waals surface area contributed by atoms with E-state index in [9.17, 15) is 0 Å². The zero-order valence-corrected chi connectivity index (χ0v) is 18.4. The molecule has 0 fully saturated rings. The van der Waals surface area contributed by atoms with Crippen molar-refractivity contribution in [3.63, 3.8) is 0 Å². The lowest BCUT2D eigenvalue weighted by atomic mass is 9.98. The molecule has 0 amide bonds. The fourth-order valence-electron chi connectivity index (χ4n) is 4.14. The first kappa shape index (κ1) is 19.9. The lowest BCUT2D eigenvalue weighted by Crippen LogP contribution is -2.31. The molecule has 2 heteroatoms. The minimum Gasteiger partial charge on any atom is -0.243 e. The average molecular weight is 414 g/mol. The van der Waals surface area contributed by atoms with E-state index in [0.29, 0.717) is 0 Å². The van der Waals surface area contributed by atoms with E-state index in [1.54, 1.807) is 0 Å². The van der Waals surface area contributed by atoms with Crippen molar-refractivity contribution >= 4 is 0 Å². The van der Waals surface area contributed by atoms with Gasteiger partial charge in [-0.1, -0.05) is 97.1 Å². The SMILES string of the molecule is Cc1cc(-c2ccccc2)ccc1-c1cnc(-c2ccc(-c3ccccc3)cc2)c[n+]1C. The van der Waals surface area contributed by atoms with Crippen LogP contribution in [-0.4, -0.2) is 4.98 Å². The molecule has 2 nitrogen and oxygen atoms in total. The van der Waals surface area contributed by atoms with E-state index in [-0.39, 0.29) is 0 Å². The van der Waals surface area contributed by atoms with Gasteiger partial charge in [0.2, 0.25) is 5.69 Å². The second-order valence-electron chi connectivity index (χ2n) is 8.11. The van der Waals surface area contributed by atoms with E-state index in [4.69, 9.17) is 4.98 Å². The van der Waals surface area contributed by atoms with Crippen LogP contribution in [-0.2, 0) is 7.05 Å². The van der Waals surface area contributed by atoms with Gasteiger partial charge in [-0.15, -0.1) is 0 Å². The summed E-state index contributed by atoms with van der Waals surface area (Å²) in [6.07, 6.45) is 4.09. The number of aryl methyl sites for hydroxylation is 2. The zero-order valence-electron chi connectivity index (χ0n) is 18.4. The van der Waals surface area contributed by atoms with Crippen LogP contribution >= 0.6 is 0 Å². The van der Waals surface area contributed by atoms with Crippen LogP contribution in [0, 0.1) is 6.92 Å². The maximum Gasteiger partial charge on any atom is 0.231 e. The second kappa shape index (κ2) is 8.60. The van der Waals surface area contributed by atoms with Gasteiger partial charge in [-0.2, -0.15) is 4.57 Å². The second-order valence-corrected chi connectivity index (χ2v) is 8.11. The molecule has 0 spiro atoms. The Morgan fingerprint density at radius 1 is 0.594 bits per heavy atom. The standard InChI is InChI=1S/C30H25N2/c1-22-19-27(24-11-7-4-8-12-24)17-18-28(22)30-20-31-29(21-32(30)2)26-15-13-25(14-16-26)23-9-5-3-6-10-23/h3-21H,1-2H3/q+1. The summed E-state index contributed by atoms with van der Waals surface area (Å²) in [6, 6.07) is 36.2. The summed E-state index contributed by atoms with van der Waals surface area (Å²) >= 11 is 0. The van der Waals surface area contributed by atoms with E-state index in [1.807, 2.05) is 18.3 Å². The van der Waals surface area contributed by atoms with Gasteiger partial charge in [-0.3, -0.25) is 0 Å². The first-order chi connectivity index (χ1) is 15.7. The van der Waals surface area contributed by atoms with Gasteiger partial charge in [0.05, 0.1) is 5.56 Å². The molecule has 0 aliphatic carbocycles. The largest absolute Gasteiger partial charge is 0.243 e. The van der Waals surface area contributed by atoms with Crippen molar-refractivity contribution in [3.05, 3.63) is 121 Å². The van der Waals surface area contributed by atoms with Crippen LogP contribution in [0.2, 0.25) is 0 Å². The highest BCUT2D eigenvalue weighted by atomic mass is 15.0. The molecular weight excluding hydrogens is 388 g/mol. The van der Waals surface area contributed by atoms with Crippen LogP contribution in [0.1, 0.15) is 5.56 Å². The van der Waals surface area contributed by atoms with Crippen molar-refractivity contribution in [1.29, 1.82) is 0 Å². The topological polar surface area (TPSA) is 16.8 Å². The van der Waals surface area contributed by atoms with Gasteiger partial charge in [0, 0.05) is 5.56 Å². The molecule has 0 aliphatic heterocycles. The Morgan fingerprint density at radius 2 is 1.12 bits per heavy atom. The lowest BCUT2D eigenvalue weighted by molar-refractivity contribution is -0.660. The van der Waals surface area contributed by atoms with Gasteiger partial charge < -0.3 is 0 Å². The van der Waals surface area contributed by atoms with Gasteiger partial charge in [-0.05, 0) is 40.8 Å².